The first-order valence-corrected chi connectivity index (χ1v) is 13.7. The van der Waals surface area contributed by atoms with E-state index >= 15 is 8.78 Å². The molecule has 0 radical (unpaired) electrons. The zero-order chi connectivity index (χ0) is 29.1. The Hall–Kier alpha value is -4.14. The van der Waals surface area contributed by atoms with Crippen LogP contribution in [0.1, 0.15) is 48.3 Å². The van der Waals surface area contributed by atoms with E-state index in [1.165, 1.54) is 29.0 Å². The van der Waals surface area contributed by atoms with Crippen molar-refractivity contribution in [2.24, 2.45) is 11.7 Å². The Labute approximate surface area is 235 Å². The van der Waals surface area contributed by atoms with E-state index in [0.29, 0.717) is 48.2 Å². The molecule has 1 aromatic carbocycles. The van der Waals surface area contributed by atoms with Crippen LogP contribution in [-0.2, 0) is 18.8 Å². The number of nitrogens with one attached hydrogen (secondary N) is 1. The average Bonchev–Trinajstić information content (AvgIpc) is 3.50. The van der Waals surface area contributed by atoms with E-state index in [2.05, 4.69) is 10.4 Å². The molecule has 2 unspecified atom stereocenters. The summed E-state index contributed by atoms with van der Waals surface area (Å²) in [7, 11) is 0. The summed E-state index contributed by atoms with van der Waals surface area (Å²) >= 11 is 0. The van der Waals surface area contributed by atoms with Crippen LogP contribution in [0.25, 0.3) is 22.0 Å². The van der Waals surface area contributed by atoms with Crippen molar-refractivity contribution in [2.75, 3.05) is 18.0 Å². The lowest BCUT2D eigenvalue weighted by molar-refractivity contribution is 0.0591. The Bertz CT molecular complexity index is 1660. The Kier molecular flexibility index (Phi) is 6.43. The summed E-state index contributed by atoms with van der Waals surface area (Å²) in [6, 6.07) is 4.91. The van der Waals surface area contributed by atoms with Gasteiger partial charge in [0.1, 0.15) is 17.6 Å². The van der Waals surface area contributed by atoms with Crippen molar-refractivity contribution < 1.29 is 18.7 Å². The zero-order valence-electron chi connectivity index (χ0n) is 22.9. The molecule has 9 nitrogen and oxygen atoms in total. The highest BCUT2D eigenvalue weighted by molar-refractivity contribution is 6.05. The lowest BCUT2D eigenvalue weighted by Gasteiger charge is -2.35. The number of carbonyl (C=O) groups is 1. The molecule has 1 saturated heterocycles. The number of anilines is 1. The molecule has 0 saturated carbocycles. The topological polar surface area (TPSA) is 133 Å². The SMILES string of the molecule is CC(C)(O)Cn1ncc2cc(-c3c(C4(F)C=CC=CC4C#N)nc(N4CCC(N)CC4)c4c3CNC4=O)c(F)cc21. The highest BCUT2D eigenvalue weighted by atomic mass is 19.1. The standard InChI is InChI=1S/C30H31F2N7O2/c1-29(2,41)16-39-23-12-22(31)20(11-17(23)14-36-39)24-21-15-35-28(40)25(21)27(38-9-6-19(34)7-10-38)37-26(24)30(32)8-4-3-5-18(30)13-33/h3-5,8,11-12,14,18-19,41H,6-7,9-10,15-16,34H2,1-2H3,(H,35,40). The lowest BCUT2D eigenvalue weighted by atomic mass is 9.79. The number of pyridine rings is 1. The van der Waals surface area contributed by atoms with Gasteiger partial charge in [-0.25, -0.2) is 13.8 Å². The van der Waals surface area contributed by atoms with Gasteiger partial charge in [0.25, 0.3) is 5.91 Å². The van der Waals surface area contributed by atoms with Crippen molar-refractivity contribution in [3.05, 3.63) is 65.3 Å². The van der Waals surface area contributed by atoms with Crippen LogP contribution in [0.15, 0.2) is 42.6 Å². The van der Waals surface area contributed by atoms with Crippen LogP contribution in [0.3, 0.4) is 0 Å². The van der Waals surface area contributed by atoms with Gasteiger partial charge in [-0.2, -0.15) is 10.4 Å². The smallest absolute Gasteiger partial charge is 0.255 e. The summed E-state index contributed by atoms with van der Waals surface area (Å²) in [5.41, 5.74) is 3.91. The highest BCUT2D eigenvalue weighted by Gasteiger charge is 2.46. The maximum atomic E-state index is 17.2. The van der Waals surface area contributed by atoms with Gasteiger partial charge in [0.2, 0.25) is 0 Å². The number of carbonyl (C=O) groups excluding carboxylic acids is 1. The predicted octanol–water partition coefficient (Wildman–Crippen LogP) is 3.61. The number of nitrogens with zero attached hydrogens (tertiary/aromatic N) is 5. The second-order valence-corrected chi connectivity index (χ2v) is 11.6. The van der Waals surface area contributed by atoms with E-state index in [4.69, 9.17) is 10.7 Å². The molecule has 11 heteroatoms. The van der Waals surface area contributed by atoms with Gasteiger partial charge in [0.15, 0.2) is 5.67 Å². The number of allylic oxidation sites excluding steroid dienone is 4. The van der Waals surface area contributed by atoms with E-state index in [9.17, 15) is 15.2 Å². The number of hydrogen-bond acceptors (Lipinski definition) is 7. The van der Waals surface area contributed by atoms with E-state index in [0.717, 1.165) is 0 Å². The van der Waals surface area contributed by atoms with Gasteiger partial charge in [0.05, 0.1) is 41.2 Å². The molecule has 1 fully saturated rings. The molecule has 41 heavy (non-hydrogen) atoms. The number of aliphatic hydroxyl groups is 1. The number of aromatic nitrogens is 3. The molecular formula is C30H31F2N7O2. The van der Waals surface area contributed by atoms with Gasteiger partial charge >= 0.3 is 0 Å². The molecular weight excluding hydrogens is 528 g/mol. The molecule has 3 aliphatic rings. The molecule has 6 rings (SSSR count). The first kappa shape index (κ1) is 27.1. The summed E-state index contributed by atoms with van der Waals surface area (Å²) in [5, 5.41) is 27.9. The highest BCUT2D eigenvalue weighted by Crippen LogP contribution is 2.48. The third-order valence-electron chi connectivity index (χ3n) is 8.02. The van der Waals surface area contributed by atoms with Crippen LogP contribution in [-0.4, -0.2) is 50.5 Å². The van der Waals surface area contributed by atoms with Gasteiger partial charge in [-0.3, -0.25) is 9.48 Å². The summed E-state index contributed by atoms with van der Waals surface area (Å²) in [6.45, 7) is 4.52. The van der Waals surface area contributed by atoms with Crippen molar-refractivity contribution in [1.82, 2.24) is 20.1 Å². The number of benzene rings is 1. The molecule has 0 bridgehead atoms. The number of nitriles is 1. The Morgan fingerprint density at radius 3 is 2.73 bits per heavy atom. The summed E-state index contributed by atoms with van der Waals surface area (Å²) < 4.78 is 34.8. The Balaban J connectivity index is 1.62. The second kappa shape index (κ2) is 9.75. The molecule has 2 atom stereocenters. The molecule has 2 aliphatic heterocycles. The number of rotatable bonds is 5. The van der Waals surface area contributed by atoms with E-state index in [1.807, 2.05) is 11.0 Å². The van der Waals surface area contributed by atoms with Crippen molar-refractivity contribution in [2.45, 2.75) is 57.1 Å². The number of nitrogens with two attached hydrogens (primary N) is 1. The average molecular weight is 560 g/mol. The number of fused-ring (bicyclic) bond motifs is 2. The van der Waals surface area contributed by atoms with E-state index < -0.39 is 23.0 Å². The maximum absolute atomic E-state index is 17.2. The number of halogens is 2. The quantitative estimate of drug-likeness (QED) is 0.435. The number of piperidine rings is 1. The maximum Gasteiger partial charge on any atom is 0.255 e. The van der Waals surface area contributed by atoms with E-state index in [-0.39, 0.29) is 47.4 Å². The van der Waals surface area contributed by atoms with Gasteiger partial charge in [0, 0.05) is 48.3 Å². The van der Waals surface area contributed by atoms with Crippen LogP contribution in [0, 0.1) is 23.1 Å². The minimum absolute atomic E-state index is 0.0203. The van der Waals surface area contributed by atoms with Crippen LogP contribution in [0.2, 0.25) is 0 Å². The van der Waals surface area contributed by atoms with Gasteiger partial charge in [-0.05, 0) is 44.4 Å². The molecule has 0 spiro atoms. The lowest BCUT2D eigenvalue weighted by Crippen LogP contribution is -2.41. The minimum atomic E-state index is -2.38. The fourth-order valence-electron chi connectivity index (χ4n) is 5.96. The van der Waals surface area contributed by atoms with Crippen LogP contribution < -0.4 is 16.0 Å². The number of hydrogen-bond donors (Lipinski definition) is 3. The van der Waals surface area contributed by atoms with Gasteiger partial charge in [-0.15, -0.1) is 0 Å². The van der Waals surface area contributed by atoms with Crippen LogP contribution in [0.5, 0.6) is 0 Å². The molecule has 2 aromatic heterocycles. The summed E-state index contributed by atoms with van der Waals surface area (Å²) in [4.78, 5) is 19.9. The Morgan fingerprint density at radius 2 is 2.02 bits per heavy atom. The third-order valence-corrected chi connectivity index (χ3v) is 8.02. The molecule has 212 valence electrons. The summed E-state index contributed by atoms with van der Waals surface area (Å²) in [5.74, 6) is -1.93. The monoisotopic (exact) mass is 559 g/mol. The van der Waals surface area contributed by atoms with E-state index in [1.54, 1.807) is 32.2 Å². The number of alkyl halides is 1. The fraction of sp³-hybridized carbons (Fsp3) is 0.400. The first-order chi connectivity index (χ1) is 19.5. The largest absolute Gasteiger partial charge is 0.389 e. The molecule has 4 N–H and O–H groups in total. The molecule has 4 heterocycles. The van der Waals surface area contributed by atoms with Gasteiger partial charge in [-0.1, -0.05) is 18.2 Å². The fourth-order valence-corrected chi connectivity index (χ4v) is 5.96. The summed E-state index contributed by atoms with van der Waals surface area (Å²) in [6.07, 6.45) is 8.76. The molecule has 1 aliphatic carbocycles. The molecule has 1 amide bonds. The normalized spacial score (nSPS) is 22.7. The number of amides is 1. The zero-order valence-corrected chi connectivity index (χ0v) is 22.9. The predicted molar refractivity (Wildman–Crippen MR) is 150 cm³/mol. The Morgan fingerprint density at radius 1 is 1.27 bits per heavy atom. The van der Waals surface area contributed by atoms with Gasteiger partial charge < -0.3 is 21.1 Å². The van der Waals surface area contributed by atoms with Crippen molar-refractivity contribution in [3.63, 3.8) is 0 Å². The molecule has 3 aromatic rings. The van der Waals surface area contributed by atoms with Crippen molar-refractivity contribution in [1.29, 1.82) is 5.26 Å². The van der Waals surface area contributed by atoms with Crippen molar-refractivity contribution >= 4 is 22.6 Å². The third kappa shape index (κ3) is 4.57. The van der Waals surface area contributed by atoms with Crippen molar-refractivity contribution in [3.8, 4) is 17.2 Å². The van der Waals surface area contributed by atoms with Crippen LogP contribution in [0.4, 0.5) is 14.6 Å². The first-order valence-electron chi connectivity index (χ1n) is 13.7. The minimum Gasteiger partial charge on any atom is -0.389 e. The second-order valence-electron chi connectivity index (χ2n) is 11.6. The van der Waals surface area contributed by atoms with Crippen LogP contribution >= 0.6 is 0 Å².